The number of carbonyl (C=O) groups excluding carboxylic acids is 1. The van der Waals surface area contributed by atoms with Gasteiger partial charge in [0.15, 0.2) is 0 Å². The normalized spacial score (nSPS) is 11.2. The predicted molar refractivity (Wildman–Crippen MR) is 120 cm³/mol. The summed E-state index contributed by atoms with van der Waals surface area (Å²) in [6, 6.07) is 11.5. The first-order valence-corrected chi connectivity index (χ1v) is 10.6. The highest BCUT2D eigenvalue weighted by Gasteiger charge is 2.13. The molecule has 0 radical (unpaired) electrons. The number of carbonyl (C=O) groups is 1. The largest absolute Gasteiger partial charge is 0.322 e. The van der Waals surface area contributed by atoms with Gasteiger partial charge in [-0.15, -0.1) is 10.2 Å². The van der Waals surface area contributed by atoms with Crippen molar-refractivity contribution < 1.29 is 4.79 Å². The Hall–Kier alpha value is -3.56. The monoisotopic (exact) mass is 449 g/mol. The average Bonchev–Trinajstić information content (AvgIpc) is 3.51. The van der Waals surface area contributed by atoms with Crippen molar-refractivity contribution in [2.24, 2.45) is 7.05 Å². The zero-order chi connectivity index (χ0) is 21.4. The van der Waals surface area contributed by atoms with Crippen molar-refractivity contribution >= 4 is 45.4 Å². The number of halogens is 1. The Bertz CT molecular complexity index is 1400. The van der Waals surface area contributed by atoms with Crippen molar-refractivity contribution in [1.82, 2.24) is 30.2 Å². The maximum atomic E-state index is 12.4. The Balaban J connectivity index is 1.35. The third-order valence-electron chi connectivity index (χ3n) is 4.78. The van der Waals surface area contributed by atoms with Crippen LogP contribution in [-0.4, -0.2) is 36.1 Å². The first-order valence-electron chi connectivity index (χ1n) is 9.40. The molecule has 0 aliphatic heterocycles. The molecule has 0 bridgehead atoms. The van der Waals surface area contributed by atoms with Crippen LogP contribution in [0.2, 0.25) is 5.02 Å². The minimum Gasteiger partial charge on any atom is -0.322 e. The highest BCUT2D eigenvalue weighted by atomic mass is 35.5. The van der Waals surface area contributed by atoms with Crippen molar-refractivity contribution in [3.63, 3.8) is 0 Å². The summed E-state index contributed by atoms with van der Waals surface area (Å²) in [5, 5.41) is 25.7. The molecule has 31 heavy (non-hydrogen) atoms. The Morgan fingerprint density at radius 1 is 1.23 bits per heavy atom. The van der Waals surface area contributed by atoms with Crippen molar-refractivity contribution in [2.45, 2.75) is 6.42 Å². The Morgan fingerprint density at radius 3 is 2.97 bits per heavy atom. The van der Waals surface area contributed by atoms with Gasteiger partial charge in [0, 0.05) is 36.3 Å². The summed E-state index contributed by atoms with van der Waals surface area (Å²) < 4.78 is 1.59. The van der Waals surface area contributed by atoms with Crippen LogP contribution in [0.15, 0.2) is 55.0 Å². The fourth-order valence-corrected chi connectivity index (χ4v) is 4.38. The average molecular weight is 450 g/mol. The van der Waals surface area contributed by atoms with Gasteiger partial charge in [-0.3, -0.25) is 14.6 Å². The molecule has 2 N–H and O–H groups in total. The molecule has 0 aliphatic carbocycles. The van der Waals surface area contributed by atoms with E-state index in [1.54, 1.807) is 24.1 Å². The van der Waals surface area contributed by atoms with E-state index >= 15 is 0 Å². The lowest BCUT2D eigenvalue weighted by Crippen LogP contribution is -2.11. The van der Waals surface area contributed by atoms with E-state index in [-0.39, 0.29) is 5.91 Å². The van der Waals surface area contributed by atoms with E-state index < -0.39 is 0 Å². The minimum atomic E-state index is -0.215. The van der Waals surface area contributed by atoms with Crippen molar-refractivity contribution in [3.8, 4) is 10.6 Å². The number of amides is 1. The molecule has 10 heteroatoms. The van der Waals surface area contributed by atoms with E-state index in [1.807, 2.05) is 36.4 Å². The van der Waals surface area contributed by atoms with E-state index in [4.69, 9.17) is 11.6 Å². The van der Waals surface area contributed by atoms with Gasteiger partial charge in [-0.05, 0) is 23.8 Å². The van der Waals surface area contributed by atoms with Crippen molar-refractivity contribution in [3.05, 3.63) is 76.1 Å². The number of fused-ring (bicyclic) bond motifs is 1. The maximum Gasteiger partial charge on any atom is 0.258 e. The van der Waals surface area contributed by atoms with Crippen LogP contribution in [0.4, 0.5) is 5.69 Å². The van der Waals surface area contributed by atoms with E-state index in [9.17, 15) is 4.79 Å². The SMILES string of the molecule is Cn1cc(C(=O)Nc2cccc(-c3nnc(Cc4ccc5[nH]ncc5c4Cl)s3)c2)cn1. The molecule has 5 aromatic rings. The van der Waals surface area contributed by atoms with Crippen LogP contribution in [-0.2, 0) is 13.5 Å². The van der Waals surface area contributed by atoms with E-state index in [0.29, 0.717) is 22.7 Å². The second-order valence-electron chi connectivity index (χ2n) is 6.99. The van der Waals surface area contributed by atoms with E-state index in [0.717, 1.165) is 32.0 Å². The summed E-state index contributed by atoms with van der Waals surface area (Å²) in [5.41, 5.74) is 3.92. The molecule has 0 saturated heterocycles. The number of aromatic nitrogens is 6. The second kappa shape index (κ2) is 7.93. The summed E-state index contributed by atoms with van der Waals surface area (Å²) in [6.45, 7) is 0. The summed E-state index contributed by atoms with van der Waals surface area (Å²) in [5.74, 6) is -0.215. The molecule has 3 heterocycles. The van der Waals surface area contributed by atoms with Crippen molar-refractivity contribution in [1.29, 1.82) is 0 Å². The van der Waals surface area contributed by atoms with Gasteiger partial charge in [-0.25, -0.2) is 0 Å². The minimum absolute atomic E-state index is 0.215. The lowest BCUT2D eigenvalue weighted by atomic mass is 10.1. The molecule has 154 valence electrons. The summed E-state index contributed by atoms with van der Waals surface area (Å²) in [6.07, 6.45) is 5.50. The van der Waals surface area contributed by atoms with Gasteiger partial charge in [-0.2, -0.15) is 10.2 Å². The third-order valence-corrected chi connectivity index (χ3v) is 6.20. The van der Waals surface area contributed by atoms with Gasteiger partial charge in [0.1, 0.15) is 10.0 Å². The predicted octanol–water partition coefficient (Wildman–Crippen LogP) is 4.31. The van der Waals surface area contributed by atoms with Crippen molar-refractivity contribution in [2.75, 3.05) is 5.32 Å². The number of nitrogens with zero attached hydrogens (tertiary/aromatic N) is 5. The van der Waals surface area contributed by atoms with Crippen LogP contribution in [0.5, 0.6) is 0 Å². The molecule has 0 aliphatic rings. The van der Waals surface area contributed by atoms with Crippen LogP contribution < -0.4 is 5.32 Å². The van der Waals surface area contributed by atoms with Gasteiger partial charge >= 0.3 is 0 Å². The summed E-state index contributed by atoms with van der Waals surface area (Å²) in [7, 11) is 1.77. The number of aryl methyl sites for hydroxylation is 1. The molecule has 5 rings (SSSR count). The fourth-order valence-electron chi connectivity index (χ4n) is 3.24. The third kappa shape index (κ3) is 3.92. The number of aromatic amines is 1. The van der Waals surface area contributed by atoms with Crippen LogP contribution >= 0.6 is 22.9 Å². The fraction of sp³-hybridized carbons (Fsp3) is 0.0952. The molecule has 1 amide bonds. The zero-order valence-electron chi connectivity index (χ0n) is 16.3. The first-order chi connectivity index (χ1) is 15.1. The molecule has 0 spiro atoms. The number of nitrogens with one attached hydrogen (secondary N) is 2. The topological polar surface area (TPSA) is 101 Å². The van der Waals surface area contributed by atoms with Gasteiger partial charge < -0.3 is 5.32 Å². The standard InChI is InChI=1S/C21H16ClN7OS/c1-29-11-14(9-24-29)20(30)25-15-4-2-3-13(7-15)21-28-27-18(31-21)8-12-5-6-17-16(19(12)22)10-23-26-17/h2-7,9-11H,8H2,1H3,(H,23,26)(H,25,30). The van der Waals surface area contributed by atoms with E-state index in [1.165, 1.54) is 17.5 Å². The highest BCUT2D eigenvalue weighted by Crippen LogP contribution is 2.31. The molecule has 0 saturated carbocycles. The first kappa shape index (κ1) is 19.4. The van der Waals surface area contributed by atoms with Gasteiger partial charge in [-0.1, -0.05) is 41.1 Å². The number of anilines is 1. The molecule has 3 aromatic heterocycles. The maximum absolute atomic E-state index is 12.4. The Labute approximate surface area is 185 Å². The second-order valence-corrected chi connectivity index (χ2v) is 8.43. The Morgan fingerprint density at radius 2 is 2.13 bits per heavy atom. The smallest absolute Gasteiger partial charge is 0.258 e. The number of rotatable bonds is 5. The van der Waals surface area contributed by atoms with Gasteiger partial charge in [0.05, 0.1) is 28.5 Å². The van der Waals surface area contributed by atoms with Crippen LogP contribution in [0.3, 0.4) is 0 Å². The Kier molecular flexibility index (Phi) is 4.97. The van der Waals surface area contributed by atoms with Crippen LogP contribution in [0.1, 0.15) is 20.9 Å². The summed E-state index contributed by atoms with van der Waals surface area (Å²) in [4.78, 5) is 12.4. The number of hydrogen-bond acceptors (Lipinski definition) is 6. The quantitative estimate of drug-likeness (QED) is 0.416. The molecule has 8 nitrogen and oxygen atoms in total. The number of hydrogen-bond donors (Lipinski definition) is 2. The lowest BCUT2D eigenvalue weighted by molar-refractivity contribution is 0.102. The molecule has 0 unspecified atom stereocenters. The molecular formula is C21H16ClN7OS. The van der Waals surface area contributed by atoms with Gasteiger partial charge in [0.25, 0.3) is 5.91 Å². The van der Waals surface area contributed by atoms with Gasteiger partial charge in [0.2, 0.25) is 0 Å². The zero-order valence-corrected chi connectivity index (χ0v) is 17.9. The number of H-pyrrole nitrogens is 1. The molecular weight excluding hydrogens is 434 g/mol. The highest BCUT2D eigenvalue weighted by molar-refractivity contribution is 7.14. The van der Waals surface area contributed by atoms with Crippen LogP contribution in [0, 0.1) is 0 Å². The molecule has 0 atom stereocenters. The number of benzene rings is 2. The van der Waals surface area contributed by atoms with E-state index in [2.05, 4.69) is 30.8 Å². The lowest BCUT2D eigenvalue weighted by Gasteiger charge is -2.05. The summed E-state index contributed by atoms with van der Waals surface area (Å²) >= 11 is 8.02. The molecule has 0 fully saturated rings. The van der Waals surface area contributed by atoms with Crippen LogP contribution in [0.25, 0.3) is 21.5 Å². The molecule has 2 aromatic carbocycles.